The SMILES string of the molecule is C=CCN1C(=O)C(=O)N(CC(=O)N2CCNCC2c2cccnc2)C1=O. The van der Waals surface area contributed by atoms with Crippen molar-refractivity contribution in [3.05, 3.63) is 42.7 Å². The first-order chi connectivity index (χ1) is 12.5. The van der Waals surface area contributed by atoms with Crippen LogP contribution in [0.25, 0.3) is 0 Å². The fraction of sp³-hybridized carbons (Fsp3) is 0.353. The van der Waals surface area contributed by atoms with E-state index in [0.29, 0.717) is 24.5 Å². The van der Waals surface area contributed by atoms with Crippen LogP contribution < -0.4 is 5.32 Å². The van der Waals surface area contributed by atoms with Crippen molar-refractivity contribution in [2.24, 2.45) is 0 Å². The standard InChI is InChI=1S/C17H19N5O4/c1-2-7-21-15(24)16(25)22(17(21)26)11-14(23)20-8-6-19-10-13(20)12-4-3-5-18-9-12/h2-5,9,13,19H,1,6-8,10-11H2. The topological polar surface area (TPSA) is 103 Å². The van der Waals surface area contributed by atoms with Gasteiger partial charge in [0.05, 0.1) is 6.04 Å². The minimum atomic E-state index is -0.988. The van der Waals surface area contributed by atoms with E-state index in [1.54, 1.807) is 23.4 Å². The van der Waals surface area contributed by atoms with E-state index < -0.39 is 30.3 Å². The molecule has 0 saturated carbocycles. The molecule has 1 aromatic heterocycles. The number of carbonyl (C=O) groups is 4. The number of pyridine rings is 1. The second kappa shape index (κ2) is 7.44. The van der Waals surface area contributed by atoms with E-state index in [0.717, 1.165) is 10.5 Å². The van der Waals surface area contributed by atoms with Crippen molar-refractivity contribution in [3.63, 3.8) is 0 Å². The van der Waals surface area contributed by atoms with Gasteiger partial charge < -0.3 is 10.2 Å². The van der Waals surface area contributed by atoms with Crippen molar-refractivity contribution < 1.29 is 19.2 Å². The van der Waals surface area contributed by atoms with E-state index in [-0.39, 0.29) is 12.6 Å². The zero-order valence-electron chi connectivity index (χ0n) is 14.1. The molecule has 2 aliphatic heterocycles. The second-order valence-electron chi connectivity index (χ2n) is 5.97. The third-order valence-electron chi connectivity index (χ3n) is 4.37. The summed E-state index contributed by atoms with van der Waals surface area (Å²) in [5.41, 5.74) is 0.858. The highest BCUT2D eigenvalue weighted by atomic mass is 16.2. The number of piperazine rings is 1. The average Bonchev–Trinajstić information content (AvgIpc) is 2.87. The van der Waals surface area contributed by atoms with Gasteiger partial charge in [0.25, 0.3) is 0 Å². The molecule has 2 aliphatic rings. The van der Waals surface area contributed by atoms with Gasteiger partial charge in [0.2, 0.25) is 5.91 Å². The van der Waals surface area contributed by atoms with Gasteiger partial charge >= 0.3 is 17.8 Å². The number of hydrogen-bond acceptors (Lipinski definition) is 6. The zero-order chi connectivity index (χ0) is 18.7. The molecule has 1 N–H and O–H groups in total. The molecule has 1 aromatic rings. The summed E-state index contributed by atoms with van der Waals surface area (Å²) >= 11 is 0. The van der Waals surface area contributed by atoms with Gasteiger partial charge in [0, 0.05) is 38.6 Å². The van der Waals surface area contributed by atoms with Gasteiger partial charge in [-0.1, -0.05) is 12.1 Å². The molecule has 1 unspecified atom stereocenters. The number of amides is 5. The number of imide groups is 2. The van der Waals surface area contributed by atoms with E-state index in [1.165, 1.54) is 6.08 Å². The van der Waals surface area contributed by atoms with Crippen LogP contribution in [0.3, 0.4) is 0 Å². The van der Waals surface area contributed by atoms with Gasteiger partial charge in [-0.05, 0) is 11.6 Å². The maximum atomic E-state index is 12.8. The normalized spacial score (nSPS) is 20.7. The first-order valence-electron chi connectivity index (χ1n) is 8.23. The van der Waals surface area contributed by atoms with E-state index in [2.05, 4.69) is 16.9 Å². The van der Waals surface area contributed by atoms with Crippen LogP contribution in [0.2, 0.25) is 0 Å². The molecule has 0 aromatic carbocycles. The Morgan fingerprint density at radius 2 is 2.08 bits per heavy atom. The zero-order valence-corrected chi connectivity index (χ0v) is 14.1. The maximum Gasteiger partial charge on any atom is 0.335 e. The Morgan fingerprint density at radius 3 is 2.77 bits per heavy atom. The van der Waals surface area contributed by atoms with Crippen molar-refractivity contribution in [2.45, 2.75) is 6.04 Å². The molecule has 0 aliphatic carbocycles. The summed E-state index contributed by atoms with van der Waals surface area (Å²) < 4.78 is 0. The van der Waals surface area contributed by atoms with Crippen molar-refractivity contribution in [2.75, 3.05) is 32.7 Å². The molecule has 26 heavy (non-hydrogen) atoms. The highest BCUT2D eigenvalue weighted by Crippen LogP contribution is 2.22. The van der Waals surface area contributed by atoms with E-state index in [1.807, 2.05) is 6.07 Å². The molecule has 9 heteroatoms. The van der Waals surface area contributed by atoms with Crippen molar-refractivity contribution >= 4 is 23.8 Å². The van der Waals surface area contributed by atoms with Gasteiger partial charge in [0.15, 0.2) is 0 Å². The van der Waals surface area contributed by atoms with Crippen molar-refractivity contribution in [3.8, 4) is 0 Å². The van der Waals surface area contributed by atoms with Gasteiger partial charge in [-0.25, -0.2) is 9.69 Å². The van der Waals surface area contributed by atoms with Gasteiger partial charge in [-0.3, -0.25) is 24.3 Å². The Kier molecular flexibility index (Phi) is 5.08. The predicted octanol–water partition coefficient (Wildman–Crippen LogP) is -0.469. The number of rotatable bonds is 5. The quantitative estimate of drug-likeness (QED) is 0.434. The van der Waals surface area contributed by atoms with Crippen LogP contribution in [-0.2, 0) is 14.4 Å². The third kappa shape index (κ3) is 3.21. The van der Waals surface area contributed by atoms with Crippen molar-refractivity contribution in [1.29, 1.82) is 0 Å². The smallest absolute Gasteiger partial charge is 0.331 e. The molecule has 2 saturated heterocycles. The molecular formula is C17H19N5O4. The number of aromatic nitrogens is 1. The van der Waals surface area contributed by atoms with Crippen LogP contribution in [0.5, 0.6) is 0 Å². The Balaban J connectivity index is 1.76. The first kappa shape index (κ1) is 17.7. The highest BCUT2D eigenvalue weighted by Gasteiger charge is 2.45. The maximum absolute atomic E-state index is 12.8. The lowest BCUT2D eigenvalue weighted by molar-refractivity contribution is -0.145. The van der Waals surface area contributed by atoms with Crippen LogP contribution >= 0.6 is 0 Å². The summed E-state index contributed by atoms with van der Waals surface area (Å²) in [7, 11) is 0. The molecule has 3 heterocycles. The van der Waals surface area contributed by atoms with Crippen LogP contribution in [0, 0.1) is 0 Å². The number of urea groups is 1. The molecule has 0 radical (unpaired) electrons. The highest BCUT2D eigenvalue weighted by molar-refractivity contribution is 6.45. The van der Waals surface area contributed by atoms with Gasteiger partial charge in [0.1, 0.15) is 6.54 Å². The third-order valence-corrected chi connectivity index (χ3v) is 4.37. The minimum Gasteiger partial charge on any atom is -0.331 e. The second-order valence-corrected chi connectivity index (χ2v) is 5.97. The lowest BCUT2D eigenvalue weighted by Gasteiger charge is -2.37. The molecule has 0 bridgehead atoms. The summed E-state index contributed by atoms with van der Waals surface area (Å²) in [6, 6.07) is 2.61. The molecule has 0 spiro atoms. The summed E-state index contributed by atoms with van der Waals surface area (Å²) in [5.74, 6) is -2.32. The molecular weight excluding hydrogens is 338 g/mol. The van der Waals surface area contributed by atoms with E-state index in [9.17, 15) is 19.2 Å². The summed E-state index contributed by atoms with van der Waals surface area (Å²) in [6.45, 7) is 4.50. The first-order valence-corrected chi connectivity index (χ1v) is 8.23. The number of nitrogens with one attached hydrogen (secondary N) is 1. The molecule has 3 rings (SSSR count). The number of carbonyl (C=O) groups excluding carboxylic acids is 4. The summed E-state index contributed by atoms with van der Waals surface area (Å²) in [5, 5.41) is 3.22. The lowest BCUT2D eigenvalue weighted by Crippen LogP contribution is -2.52. The van der Waals surface area contributed by atoms with E-state index in [4.69, 9.17) is 0 Å². The minimum absolute atomic E-state index is 0.0694. The molecule has 5 amide bonds. The largest absolute Gasteiger partial charge is 0.335 e. The van der Waals surface area contributed by atoms with Crippen LogP contribution in [-0.4, -0.2) is 76.2 Å². The predicted molar refractivity (Wildman–Crippen MR) is 90.6 cm³/mol. The monoisotopic (exact) mass is 357 g/mol. The van der Waals surface area contributed by atoms with Crippen LogP contribution in [0.1, 0.15) is 11.6 Å². The number of nitrogens with zero attached hydrogens (tertiary/aromatic N) is 4. The number of hydrogen-bond donors (Lipinski definition) is 1. The summed E-state index contributed by atoms with van der Waals surface area (Å²) in [4.78, 5) is 56.1. The van der Waals surface area contributed by atoms with Gasteiger partial charge in [-0.2, -0.15) is 0 Å². The summed E-state index contributed by atoms with van der Waals surface area (Å²) in [6.07, 6.45) is 4.68. The Labute approximate surface area is 150 Å². The molecule has 136 valence electrons. The Morgan fingerprint density at radius 1 is 1.31 bits per heavy atom. The average molecular weight is 357 g/mol. The van der Waals surface area contributed by atoms with Crippen LogP contribution in [0.4, 0.5) is 4.79 Å². The van der Waals surface area contributed by atoms with Gasteiger partial charge in [-0.15, -0.1) is 6.58 Å². The molecule has 2 fully saturated rings. The Bertz CT molecular complexity index is 751. The molecule has 1 atom stereocenters. The van der Waals surface area contributed by atoms with E-state index >= 15 is 0 Å². The van der Waals surface area contributed by atoms with Crippen molar-refractivity contribution in [1.82, 2.24) is 25.0 Å². The molecule has 9 nitrogen and oxygen atoms in total. The lowest BCUT2D eigenvalue weighted by atomic mass is 10.1. The fourth-order valence-electron chi connectivity index (χ4n) is 3.08. The Hall–Kier alpha value is -3.07. The van der Waals surface area contributed by atoms with Crippen LogP contribution in [0.15, 0.2) is 37.2 Å². The fourth-order valence-corrected chi connectivity index (χ4v) is 3.08.